The van der Waals surface area contributed by atoms with Crippen LogP contribution in [0.25, 0.3) is 10.8 Å². The van der Waals surface area contributed by atoms with Gasteiger partial charge in [-0.3, -0.25) is 4.79 Å². The Bertz CT molecular complexity index is 1230. The van der Waals surface area contributed by atoms with Gasteiger partial charge in [-0.1, -0.05) is 49.4 Å². The number of hydrogen-bond donors (Lipinski definition) is 1. The number of sulfonamides is 1. The molecule has 0 atom stereocenters. The van der Waals surface area contributed by atoms with Gasteiger partial charge in [0.1, 0.15) is 5.75 Å². The molecule has 1 amide bonds. The third-order valence-electron chi connectivity index (χ3n) is 6.12. The number of benzene rings is 3. The number of piperidine rings is 1. The standard InChI is InChI=1S/C25H28N2O4S/c1-18-12-14-27(15-13-18)32(29,30)21-10-11-24(31-2)23(16-21)25(28)26-17-20-8-5-7-19-6-3-4-9-22(19)20/h3-11,16,18H,12-15,17H2,1-2H3,(H,26,28). The topological polar surface area (TPSA) is 75.7 Å². The Morgan fingerprint density at radius 2 is 1.78 bits per heavy atom. The zero-order chi connectivity index (χ0) is 22.7. The lowest BCUT2D eigenvalue weighted by Crippen LogP contribution is -2.38. The number of nitrogens with one attached hydrogen (secondary N) is 1. The Kier molecular flexibility index (Phi) is 6.48. The monoisotopic (exact) mass is 452 g/mol. The molecular formula is C25H28N2O4S. The van der Waals surface area contributed by atoms with Gasteiger partial charge in [-0.2, -0.15) is 4.31 Å². The number of carbonyl (C=O) groups excluding carboxylic acids is 1. The Labute approximate surface area is 189 Å². The fraction of sp³-hybridized carbons (Fsp3) is 0.320. The number of rotatable bonds is 6. The Balaban J connectivity index is 1.57. The van der Waals surface area contributed by atoms with Gasteiger partial charge in [0.15, 0.2) is 0 Å². The molecule has 32 heavy (non-hydrogen) atoms. The average Bonchev–Trinajstić information content (AvgIpc) is 2.82. The van der Waals surface area contributed by atoms with Crippen molar-refractivity contribution in [3.05, 3.63) is 71.8 Å². The summed E-state index contributed by atoms with van der Waals surface area (Å²) in [5.74, 6) is 0.485. The van der Waals surface area contributed by atoms with Crippen molar-refractivity contribution in [3.8, 4) is 5.75 Å². The molecule has 3 aromatic carbocycles. The third-order valence-corrected chi connectivity index (χ3v) is 8.01. The van der Waals surface area contributed by atoms with Crippen LogP contribution < -0.4 is 10.1 Å². The molecule has 0 aliphatic carbocycles. The fourth-order valence-electron chi connectivity index (χ4n) is 4.12. The minimum absolute atomic E-state index is 0.114. The second-order valence-corrected chi connectivity index (χ2v) is 10.2. The first-order valence-electron chi connectivity index (χ1n) is 10.8. The van der Waals surface area contributed by atoms with Crippen LogP contribution >= 0.6 is 0 Å². The van der Waals surface area contributed by atoms with Crippen molar-refractivity contribution in [2.24, 2.45) is 5.92 Å². The van der Waals surface area contributed by atoms with Crippen LogP contribution in [-0.4, -0.2) is 38.8 Å². The average molecular weight is 453 g/mol. The van der Waals surface area contributed by atoms with Crippen LogP contribution in [0.1, 0.15) is 35.7 Å². The molecule has 1 saturated heterocycles. The lowest BCUT2D eigenvalue weighted by atomic mass is 10.0. The molecule has 0 spiro atoms. The minimum atomic E-state index is -3.66. The lowest BCUT2D eigenvalue weighted by Gasteiger charge is -2.29. The second kappa shape index (κ2) is 9.30. The van der Waals surface area contributed by atoms with Crippen LogP contribution in [0.4, 0.5) is 0 Å². The first-order valence-corrected chi connectivity index (χ1v) is 12.3. The van der Waals surface area contributed by atoms with E-state index in [0.717, 1.165) is 29.2 Å². The Morgan fingerprint density at radius 3 is 2.53 bits per heavy atom. The minimum Gasteiger partial charge on any atom is -0.496 e. The van der Waals surface area contributed by atoms with Gasteiger partial charge in [0.05, 0.1) is 17.6 Å². The molecule has 4 rings (SSSR count). The number of nitrogens with zero attached hydrogens (tertiary/aromatic N) is 1. The van der Waals surface area contributed by atoms with Gasteiger partial charge in [-0.05, 0) is 53.3 Å². The van der Waals surface area contributed by atoms with E-state index in [1.54, 1.807) is 6.07 Å². The molecule has 0 aromatic heterocycles. The molecule has 0 saturated carbocycles. The highest BCUT2D eigenvalue weighted by atomic mass is 32.2. The molecule has 168 valence electrons. The van der Waals surface area contributed by atoms with Crippen molar-refractivity contribution in [2.75, 3.05) is 20.2 Å². The van der Waals surface area contributed by atoms with Gasteiger partial charge >= 0.3 is 0 Å². The summed E-state index contributed by atoms with van der Waals surface area (Å²) in [5, 5.41) is 5.08. The molecule has 1 N–H and O–H groups in total. The maximum Gasteiger partial charge on any atom is 0.255 e. The molecule has 3 aromatic rings. The summed E-state index contributed by atoms with van der Waals surface area (Å²) in [4.78, 5) is 13.1. The number of fused-ring (bicyclic) bond motifs is 1. The summed E-state index contributed by atoms with van der Waals surface area (Å²) in [6.45, 7) is 3.45. The molecule has 6 nitrogen and oxygen atoms in total. The zero-order valence-electron chi connectivity index (χ0n) is 18.4. The van der Waals surface area contributed by atoms with Crippen molar-refractivity contribution < 1.29 is 17.9 Å². The van der Waals surface area contributed by atoms with Crippen LogP contribution in [0.2, 0.25) is 0 Å². The maximum atomic E-state index is 13.1. The van der Waals surface area contributed by atoms with E-state index in [0.29, 0.717) is 31.3 Å². The molecular weight excluding hydrogens is 424 g/mol. The van der Waals surface area contributed by atoms with Gasteiger partial charge in [0, 0.05) is 19.6 Å². The van der Waals surface area contributed by atoms with Crippen LogP contribution in [0.5, 0.6) is 5.75 Å². The number of methoxy groups -OCH3 is 1. The summed E-state index contributed by atoms with van der Waals surface area (Å²) >= 11 is 0. The normalized spacial score (nSPS) is 15.6. The lowest BCUT2D eigenvalue weighted by molar-refractivity contribution is 0.0948. The predicted molar refractivity (Wildman–Crippen MR) is 125 cm³/mol. The van der Waals surface area contributed by atoms with Crippen molar-refractivity contribution in [3.63, 3.8) is 0 Å². The quantitative estimate of drug-likeness (QED) is 0.608. The fourth-order valence-corrected chi connectivity index (χ4v) is 5.61. The second-order valence-electron chi connectivity index (χ2n) is 8.27. The highest BCUT2D eigenvalue weighted by molar-refractivity contribution is 7.89. The van der Waals surface area contributed by atoms with Gasteiger partial charge in [-0.15, -0.1) is 0 Å². The number of amides is 1. The van der Waals surface area contributed by atoms with E-state index in [9.17, 15) is 13.2 Å². The highest BCUT2D eigenvalue weighted by Crippen LogP contribution is 2.28. The first-order chi connectivity index (χ1) is 15.4. The summed E-state index contributed by atoms with van der Waals surface area (Å²) < 4.78 is 33.1. The number of hydrogen-bond acceptors (Lipinski definition) is 4. The van der Waals surface area contributed by atoms with E-state index in [1.807, 2.05) is 42.5 Å². The van der Waals surface area contributed by atoms with Crippen molar-refractivity contribution in [1.82, 2.24) is 9.62 Å². The molecule has 0 bridgehead atoms. The summed E-state index contributed by atoms with van der Waals surface area (Å²) in [7, 11) is -2.20. The van der Waals surface area contributed by atoms with Crippen molar-refractivity contribution >= 4 is 26.7 Å². The van der Waals surface area contributed by atoms with Crippen LogP contribution in [0.15, 0.2) is 65.6 Å². The van der Waals surface area contributed by atoms with Crippen molar-refractivity contribution in [2.45, 2.75) is 31.2 Å². The van der Waals surface area contributed by atoms with E-state index in [2.05, 4.69) is 12.2 Å². The molecule has 7 heteroatoms. The SMILES string of the molecule is COc1ccc(S(=O)(=O)N2CCC(C)CC2)cc1C(=O)NCc1cccc2ccccc12. The maximum absolute atomic E-state index is 13.1. The molecule has 0 unspecified atom stereocenters. The smallest absolute Gasteiger partial charge is 0.255 e. The molecule has 1 fully saturated rings. The van der Waals surface area contributed by atoms with E-state index >= 15 is 0 Å². The number of carbonyl (C=O) groups is 1. The zero-order valence-corrected chi connectivity index (χ0v) is 19.2. The Morgan fingerprint density at radius 1 is 1.06 bits per heavy atom. The van der Waals surface area contributed by atoms with Gasteiger partial charge in [-0.25, -0.2) is 8.42 Å². The van der Waals surface area contributed by atoms with Crippen molar-refractivity contribution in [1.29, 1.82) is 0 Å². The largest absolute Gasteiger partial charge is 0.496 e. The molecule has 0 radical (unpaired) electrons. The van der Waals surface area contributed by atoms with E-state index in [1.165, 1.54) is 23.5 Å². The van der Waals surface area contributed by atoms with Crippen LogP contribution in [0.3, 0.4) is 0 Å². The van der Waals surface area contributed by atoms with E-state index in [4.69, 9.17) is 4.74 Å². The molecule has 1 aliphatic heterocycles. The van der Waals surface area contributed by atoms with Gasteiger partial charge in [0.2, 0.25) is 10.0 Å². The molecule has 1 heterocycles. The number of ether oxygens (including phenoxy) is 1. The van der Waals surface area contributed by atoms with Gasteiger partial charge in [0.25, 0.3) is 5.91 Å². The summed E-state index contributed by atoms with van der Waals surface area (Å²) in [6.07, 6.45) is 1.68. The Hall–Kier alpha value is -2.90. The highest BCUT2D eigenvalue weighted by Gasteiger charge is 2.29. The predicted octanol–water partition coefficient (Wildman–Crippen LogP) is 4.20. The van der Waals surface area contributed by atoms with Crippen LogP contribution in [0, 0.1) is 5.92 Å². The summed E-state index contributed by atoms with van der Waals surface area (Å²) in [5.41, 5.74) is 1.20. The third kappa shape index (κ3) is 4.49. The van der Waals surface area contributed by atoms with E-state index < -0.39 is 10.0 Å². The molecule has 1 aliphatic rings. The first kappa shape index (κ1) is 22.3. The summed E-state index contributed by atoms with van der Waals surface area (Å²) in [6, 6.07) is 18.4. The van der Waals surface area contributed by atoms with Gasteiger partial charge < -0.3 is 10.1 Å². The van der Waals surface area contributed by atoms with Crippen LogP contribution in [-0.2, 0) is 16.6 Å². The van der Waals surface area contributed by atoms with E-state index in [-0.39, 0.29) is 16.4 Å².